The van der Waals surface area contributed by atoms with E-state index in [4.69, 9.17) is 14.5 Å². The molecule has 0 atom stereocenters. The first-order valence-corrected chi connectivity index (χ1v) is 10.1. The maximum Gasteiger partial charge on any atom is 0.260 e. The minimum atomic E-state index is -0.211. The maximum atomic E-state index is 12.7. The summed E-state index contributed by atoms with van der Waals surface area (Å²) >= 11 is 0. The lowest BCUT2D eigenvalue weighted by molar-refractivity contribution is 0.355. The molecule has 0 unspecified atom stereocenters. The lowest BCUT2D eigenvalue weighted by Crippen LogP contribution is -2.33. The van der Waals surface area contributed by atoms with Crippen LogP contribution in [-0.4, -0.2) is 40.3 Å². The van der Waals surface area contributed by atoms with Crippen molar-refractivity contribution < 1.29 is 9.47 Å². The zero-order valence-electron chi connectivity index (χ0n) is 17.7. The van der Waals surface area contributed by atoms with Crippen LogP contribution >= 0.6 is 0 Å². The number of imidazole rings is 1. The number of H-pyrrole nitrogens is 1. The van der Waals surface area contributed by atoms with Crippen molar-refractivity contribution in [3.05, 3.63) is 70.0 Å². The van der Waals surface area contributed by atoms with Gasteiger partial charge in [0.15, 0.2) is 11.5 Å². The van der Waals surface area contributed by atoms with Crippen molar-refractivity contribution in [3.8, 4) is 17.2 Å². The number of hydrogen-bond acceptors (Lipinski definition) is 6. The van der Waals surface area contributed by atoms with E-state index in [1.165, 1.54) is 11.3 Å². The molecular weight excluding hydrogens is 394 g/mol. The van der Waals surface area contributed by atoms with Gasteiger partial charge in [-0.2, -0.15) is 0 Å². The molecule has 1 N–H and O–H groups in total. The molecule has 5 rings (SSSR count). The van der Waals surface area contributed by atoms with Gasteiger partial charge in [-0.05, 0) is 30.7 Å². The Labute approximate surface area is 179 Å². The van der Waals surface area contributed by atoms with E-state index in [0.717, 1.165) is 24.3 Å². The third-order valence-electron chi connectivity index (χ3n) is 5.69. The van der Waals surface area contributed by atoms with E-state index in [1.54, 1.807) is 26.4 Å². The quantitative estimate of drug-likeness (QED) is 0.550. The van der Waals surface area contributed by atoms with Crippen LogP contribution < -0.4 is 19.9 Å². The zero-order chi connectivity index (χ0) is 21.5. The summed E-state index contributed by atoms with van der Waals surface area (Å²) in [6.45, 7) is 3.39. The molecule has 0 radical (unpaired) electrons. The number of nitrogens with one attached hydrogen (secondary N) is 1. The van der Waals surface area contributed by atoms with Crippen molar-refractivity contribution in [1.29, 1.82) is 0 Å². The van der Waals surface area contributed by atoms with Gasteiger partial charge in [-0.25, -0.2) is 9.97 Å². The summed E-state index contributed by atoms with van der Waals surface area (Å²) in [6.07, 6.45) is 2.67. The van der Waals surface area contributed by atoms with Gasteiger partial charge in [0, 0.05) is 30.4 Å². The molecule has 4 aromatic rings. The second kappa shape index (κ2) is 7.46. The Bertz CT molecular complexity index is 1340. The van der Waals surface area contributed by atoms with Crippen LogP contribution in [-0.2, 0) is 13.0 Å². The van der Waals surface area contributed by atoms with Crippen molar-refractivity contribution in [1.82, 2.24) is 19.5 Å². The molecule has 0 saturated carbocycles. The SMILES string of the molecule is COc1cc2nc(N3CCc4c(ncn4-c4cccc(C)c4)C3)[nH]c(=O)c2cc1OC. The van der Waals surface area contributed by atoms with Crippen LogP contribution in [0.25, 0.3) is 16.6 Å². The summed E-state index contributed by atoms with van der Waals surface area (Å²) < 4.78 is 12.8. The highest BCUT2D eigenvalue weighted by molar-refractivity contribution is 5.82. The number of ether oxygens (including phenoxy) is 2. The van der Waals surface area contributed by atoms with Crippen molar-refractivity contribution in [2.24, 2.45) is 0 Å². The largest absolute Gasteiger partial charge is 0.493 e. The number of aryl methyl sites for hydroxylation is 1. The average Bonchev–Trinajstić information content (AvgIpc) is 3.21. The fourth-order valence-electron chi connectivity index (χ4n) is 4.09. The van der Waals surface area contributed by atoms with Crippen molar-refractivity contribution in [2.75, 3.05) is 25.7 Å². The number of rotatable bonds is 4. The van der Waals surface area contributed by atoms with E-state index >= 15 is 0 Å². The van der Waals surface area contributed by atoms with Gasteiger partial charge in [-0.3, -0.25) is 9.78 Å². The highest BCUT2D eigenvalue weighted by atomic mass is 16.5. The van der Waals surface area contributed by atoms with E-state index < -0.39 is 0 Å². The van der Waals surface area contributed by atoms with Gasteiger partial charge in [-0.1, -0.05) is 12.1 Å². The molecule has 1 aliphatic heterocycles. The number of fused-ring (bicyclic) bond motifs is 2. The van der Waals surface area contributed by atoms with Crippen LogP contribution in [0.1, 0.15) is 17.0 Å². The average molecular weight is 417 g/mol. The fraction of sp³-hybridized carbons (Fsp3) is 0.261. The van der Waals surface area contributed by atoms with Crippen molar-refractivity contribution in [3.63, 3.8) is 0 Å². The molecule has 1 aliphatic rings. The second-order valence-electron chi connectivity index (χ2n) is 7.63. The number of aromatic amines is 1. The number of benzene rings is 2. The van der Waals surface area contributed by atoms with Crippen LogP contribution in [0.2, 0.25) is 0 Å². The van der Waals surface area contributed by atoms with Crippen LogP contribution in [0.15, 0.2) is 47.5 Å². The number of hydrogen-bond donors (Lipinski definition) is 1. The molecule has 8 nitrogen and oxygen atoms in total. The summed E-state index contributed by atoms with van der Waals surface area (Å²) in [6, 6.07) is 11.8. The Morgan fingerprint density at radius 2 is 1.90 bits per heavy atom. The van der Waals surface area contributed by atoms with Gasteiger partial charge in [0.1, 0.15) is 0 Å². The van der Waals surface area contributed by atoms with Crippen LogP contribution in [0.3, 0.4) is 0 Å². The van der Waals surface area contributed by atoms with Gasteiger partial charge in [0.25, 0.3) is 5.56 Å². The molecule has 8 heteroatoms. The Morgan fingerprint density at radius 1 is 1.10 bits per heavy atom. The minimum Gasteiger partial charge on any atom is -0.493 e. The minimum absolute atomic E-state index is 0.211. The summed E-state index contributed by atoms with van der Waals surface area (Å²) in [4.78, 5) is 27.0. The van der Waals surface area contributed by atoms with E-state index in [1.807, 2.05) is 11.2 Å². The van der Waals surface area contributed by atoms with Gasteiger partial charge < -0.3 is 18.9 Å². The normalized spacial score (nSPS) is 13.3. The van der Waals surface area contributed by atoms with Crippen LogP contribution in [0, 0.1) is 6.92 Å². The number of nitrogens with zero attached hydrogens (tertiary/aromatic N) is 4. The van der Waals surface area contributed by atoms with E-state index in [2.05, 4.69) is 45.7 Å². The van der Waals surface area contributed by atoms with Crippen LogP contribution in [0.4, 0.5) is 5.95 Å². The lowest BCUT2D eigenvalue weighted by Gasteiger charge is -2.27. The Kier molecular flexibility index (Phi) is 4.62. The molecule has 0 amide bonds. The first kappa shape index (κ1) is 19.2. The third-order valence-corrected chi connectivity index (χ3v) is 5.69. The Morgan fingerprint density at radius 3 is 2.68 bits per heavy atom. The number of methoxy groups -OCH3 is 2. The molecule has 0 bridgehead atoms. The molecule has 158 valence electrons. The van der Waals surface area contributed by atoms with Crippen molar-refractivity contribution >= 4 is 16.9 Å². The van der Waals surface area contributed by atoms with E-state index in [0.29, 0.717) is 34.9 Å². The zero-order valence-corrected chi connectivity index (χ0v) is 17.7. The predicted molar refractivity (Wildman–Crippen MR) is 119 cm³/mol. The predicted octanol–water partition coefficient (Wildman–Crippen LogP) is 3.00. The molecule has 2 aromatic heterocycles. The highest BCUT2D eigenvalue weighted by Gasteiger charge is 2.24. The summed E-state index contributed by atoms with van der Waals surface area (Å²) in [7, 11) is 3.11. The topological polar surface area (TPSA) is 85.3 Å². The maximum absolute atomic E-state index is 12.7. The second-order valence-corrected chi connectivity index (χ2v) is 7.63. The third kappa shape index (κ3) is 3.30. The molecule has 31 heavy (non-hydrogen) atoms. The van der Waals surface area contributed by atoms with Gasteiger partial charge in [0.05, 0.1) is 43.7 Å². The standard InChI is InChI=1S/C23H23N5O3/c1-14-5-4-6-15(9-14)28-13-24-18-12-27(8-7-19(18)28)23-25-17-11-21(31-3)20(30-2)10-16(17)22(29)26-23/h4-6,9-11,13H,7-8,12H2,1-3H3,(H,25,26,29). The molecule has 0 saturated heterocycles. The summed E-state index contributed by atoms with van der Waals surface area (Å²) in [5.74, 6) is 1.57. The van der Waals surface area contributed by atoms with E-state index in [9.17, 15) is 4.79 Å². The van der Waals surface area contributed by atoms with E-state index in [-0.39, 0.29) is 5.56 Å². The Hall–Kier alpha value is -3.81. The molecule has 0 fully saturated rings. The Balaban J connectivity index is 1.50. The van der Waals surface area contributed by atoms with Gasteiger partial charge in [-0.15, -0.1) is 0 Å². The molecule has 0 aliphatic carbocycles. The van der Waals surface area contributed by atoms with Crippen LogP contribution in [0.5, 0.6) is 11.5 Å². The highest BCUT2D eigenvalue weighted by Crippen LogP contribution is 2.31. The lowest BCUT2D eigenvalue weighted by atomic mass is 10.1. The molecule has 0 spiro atoms. The number of anilines is 1. The number of aromatic nitrogens is 4. The fourth-order valence-corrected chi connectivity index (χ4v) is 4.09. The summed E-state index contributed by atoms with van der Waals surface area (Å²) in [5, 5.41) is 0.461. The first-order chi connectivity index (χ1) is 15.1. The smallest absolute Gasteiger partial charge is 0.260 e. The molecule has 2 aromatic carbocycles. The monoisotopic (exact) mass is 417 g/mol. The molecular formula is C23H23N5O3. The first-order valence-electron chi connectivity index (χ1n) is 10.1. The summed E-state index contributed by atoms with van der Waals surface area (Å²) in [5.41, 5.74) is 4.85. The van der Waals surface area contributed by atoms with Gasteiger partial charge >= 0.3 is 0 Å². The van der Waals surface area contributed by atoms with Gasteiger partial charge in [0.2, 0.25) is 5.95 Å². The molecule has 3 heterocycles. The van der Waals surface area contributed by atoms with Crippen molar-refractivity contribution in [2.45, 2.75) is 19.9 Å².